The molecule has 0 aromatic rings. The van der Waals surface area contributed by atoms with Crippen molar-refractivity contribution in [3.63, 3.8) is 0 Å². The summed E-state index contributed by atoms with van der Waals surface area (Å²) in [5, 5.41) is 8.53. The summed E-state index contributed by atoms with van der Waals surface area (Å²) in [6.07, 6.45) is 2.65. The first-order valence-electron chi connectivity index (χ1n) is 5.38. The molecule has 14 heavy (non-hydrogen) atoms. The molecule has 4 nitrogen and oxygen atoms in total. The van der Waals surface area contributed by atoms with Crippen molar-refractivity contribution in [3.8, 4) is 0 Å². The molecule has 0 amide bonds. The summed E-state index contributed by atoms with van der Waals surface area (Å²) in [4.78, 5) is 2.27. The maximum atomic E-state index is 8.53. The molecule has 1 fully saturated rings. The summed E-state index contributed by atoms with van der Waals surface area (Å²) in [5.41, 5.74) is 5.72. The molecular weight excluding hydrogens is 180 g/mol. The number of hydrogen-bond donors (Lipinski definition) is 2. The fourth-order valence-electron chi connectivity index (χ4n) is 1.75. The SMILES string of the molecule is CN(CCOCCO)C(CN)C1CC1. The molecule has 1 rings (SSSR count). The predicted octanol–water partition coefficient (Wildman–Crippen LogP) is -0.336. The third kappa shape index (κ3) is 3.92. The van der Waals surface area contributed by atoms with Crippen molar-refractivity contribution in [2.24, 2.45) is 11.7 Å². The quantitative estimate of drug-likeness (QED) is 0.529. The van der Waals surface area contributed by atoms with E-state index in [1.54, 1.807) is 0 Å². The van der Waals surface area contributed by atoms with Crippen LogP contribution in [0.4, 0.5) is 0 Å². The van der Waals surface area contributed by atoms with E-state index in [1.807, 2.05) is 0 Å². The Balaban J connectivity index is 2.08. The zero-order valence-corrected chi connectivity index (χ0v) is 8.98. The molecule has 3 N–H and O–H groups in total. The number of ether oxygens (including phenoxy) is 1. The van der Waals surface area contributed by atoms with Crippen molar-refractivity contribution in [2.45, 2.75) is 18.9 Å². The molecule has 0 heterocycles. The van der Waals surface area contributed by atoms with E-state index < -0.39 is 0 Å². The fraction of sp³-hybridized carbons (Fsp3) is 1.00. The summed E-state index contributed by atoms with van der Waals surface area (Å²) in [5.74, 6) is 0.808. The Kier molecular flexibility index (Phi) is 5.40. The summed E-state index contributed by atoms with van der Waals surface area (Å²) < 4.78 is 5.22. The van der Waals surface area contributed by atoms with Gasteiger partial charge in [0.25, 0.3) is 0 Å². The summed E-state index contributed by atoms with van der Waals surface area (Å²) >= 11 is 0. The van der Waals surface area contributed by atoms with Crippen LogP contribution in [0.5, 0.6) is 0 Å². The van der Waals surface area contributed by atoms with Crippen molar-refractivity contribution < 1.29 is 9.84 Å². The molecule has 1 atom stereocenters. The molecule has 1 aliphatic carbocycles. The second-order valence-corrected chi connectivity index (χ2v) is 3.96. The summed E-state index contributed by atoms with van der Waals surface area (Å²) in [6.45, 7) is 2.86. The van der Waals surface area contributed by atoms with Crippen LogP contribution in [-0.4, -0.2) is 56.0 Å². The first-order chi connectivity index (χ1) is 6.79. The maximum Gasteiger partial charge on any atom is 0.0698 e. The van der Waals surface area contributed by atoms with Crippen molar-refractivity contribution in [2.75, 3.05) is 40.0 Å². The third-order valence-corrected chi connectivity index (χ3v) is 2.80. The van der Waals surface area contributed by atoms with Crippen LogP contribution in [0.25, 0.3) is 0 Å². The Morgan fingerprint density at radius 3 is 2.71 bits per heavy atom. The van der Waals surface area contributed by atoms with E-state index >= 15 is 0 Å². The van der Waals surface area contributed by atoms with Gasteiger partial charge in [0.2, 0.25) is 0 Å². The minimum absolute atomic E-state index is 0.104. The highest BCUT2D eigenvalue weighted by Crippen LogP contribution is 2.34. The van der Waals surface area contributed by atoms with Gasteiger partial charge in [0.15, 0.2) is 0 Å². The summed E-state index contributed by atoms with van der Waals surface area (Å²) in [6, 6.07) is 0.521. The highest BCUT2D eigenvalue weighted by Gasteiger charge is 2.32. The molecule has 0 aromatic heterocycles. The van der Waals surface area contributed by atoms with Crippen molar-refractivity contribution >= 4 is 0 Å². The van der Waals surface area contributed by atoms with Crippen LogP contribution >= 0.6 is 0 Å². The predicted molar refractivity (Wildman–Crippen MR) is 56.1 cm³/mol. The van der Waals surface area contributed by atoms with Gasteiger partial charge in [-0.2, -0.15) is 0 Å². The van der Waals surface area contributed by atoms with Gasteiger partial charge in [-0.15, -0.1) is 0 Å². The van der Waals surface area contributed by atoms with Crippen molar-refractivity contribution in [1.82, 2.24) is 4.90 Å². The van der Waals surface area contributed by atoms with Crippen molar-refractivity contribution in [1.29, 1.82) is 0 Å². The Morgan fingerprint density at radius 2 is 2.21 bits per heavy atom. The molecular formula is C10H22N2O2. The van der Waals surface area contributed by atoms with Crippen LogP contribution in [-0.2, 0) is 4.74 Å². The van der Waals surface area contributed by atoms with Crippen LogP contribution in [0.3, 0.4) is 0 Å². The first-order valence-corrected chi connectivity index (χ1v) is 5.38. The zero-order chi connectivity index (χ0) is 10.4. The highest BCUT2D eigenvalue weighted by molar-refractivity contribution is 4.87. The number of likely N-dealkylation sites (N-methyl/N-ethyl adjacent to an activating group) is 1. The molecule has 4 heteroatoms. The minimum Gasteiger partial charge on any atom is -0.394 e. The van der Waals surface area contributed by atoms with E-state index in [0.29, 0.717) is 19.3 Å². The van der Waals surface area contributed by atoms with Gasteiger partial charge in [0, 0.05) is 19.1 Å². The Hall–Kier alpha value is -0.160. The lowest BCUT2D eigenvalue weighted by Gasteiger charge is -2.26. The summed E-state index contributed by atoms with van der Waals surface area (Å²) in [7, 11) is 2.10. The molecule has 84 valence electrons. The highest BCUT2D eigenvalue weighted by atomic mass is 16.5. The second kappa shape index (κ2) is 6.35. The van der Waals surface area contributed by atoms with Gasteiger partial charge in [0.05, 0.1) is 19.8 Å². The van der Waals surface area contributed by atoms with Crippen LogP contribution in [0.15, 0.2) is 0 Å². The lowest BCUT2D eigenvalue weighted by atomic mass is 10.1. The van der Waals surface area contributed by atoms with Crippen LogP contribution in [0.2, 0.25) is 0 Å². The molecule has 0 radical (unpaired) electrons. The molecule has 1 aliphatic rings. The van der Waals surface area contributed by atoms with Crippen LogP contribution in [0, 0.1) is 5.92 Å². The van der Waals surface area contributed by atoms with Gasteiger partial charge in [-0.05, 0) is 25.8 Å². The molecule has 0 bridgehead atoms. The Bertz CT molecular complexity index is 151. The fourth-order valence-corrected chi connectivity index (χ4v) is 1.75. The molecule has 1 unspecified atom stereocenters. The monoisotopic (exact) mass is 202 g/mol. The van der Waals surface area contributed by atoms with E-state index in [9.17, 15) is 0 Å². The van der Waals surface area contributed by atoms with E-state index in [1.165, 1.54) is 12.8 Å². The number of nitrogens with zero attached hydrogens (tertiary/aromatic N) is 1. The zero-order valence-electron chi connectivity index (χ0n) is 8.98. The molecule has 0 aromatic carbocycles. The number of aliphatic hydroxyl groups excluding tert-OH is 1. The number of nitrogens with two attached hydrogens (primary N) is 1. The smallest absolute Gasteiger partial charge is 0.0698 e. The van der Waals surface area contributed by atoms with E-state index in [4.69, 9.17) is 15.6 Å². The number of rotatable bonds is 8. The van der Waals surface area contributed by atoms with Gasteiger partial charge in [-0.1, -0.05) is 0 Å². The first kappa shape index (κ1) is 11.9. The van der Waals surface area contributed by atoms with Gasteiger partial charge in [-0.3, -0.25) is 4.90 Å². The maximum absolute atomic E-state index is 8.53. The van der Waals surface area contributed by atoms with Crippen LogP contribution < -0.4 is 5.73 Å². The van der Waals surface area contributed by atoms with Gasteiger partial charge >= 0.3 is 0 Å². The number of aliphatic hydroxyl groups is 1. The average Bonchev–Trinajstić information content (AvgIpc) is 2.98. The lowest BCUT2D eigenvalue weighted by molar-refractivity contribution is 0.0688. The van der Waals surface area contributed by atoms with E-state index in [-0.39, 0.29) is 6.61 Å². The van der Waals surface area contributed by atoms with Crippen molar-refractivity contribution in [3.05, 3.63) is 0 Å². The molecule has 0 aliphatic heterocycles. The normalized spacial score (nSPS) is 18.9. The van der Waals surface area contributed by atoms with Crippen LogP contribution in [0.1, 0.15) is 12.8 Å². The average molecular weight is 202 g/mol. The third-order valence-electron chi connectivity index (χ3n) is 2.80. The Labute approximate surface area is 86.0 Å². The molecule has 0 spiro atoms. The van der Waals surface area contributed by atoms with E-state index in [2.05, 4.69) is 11.9 Å². The van der Waals surface area contributed by atoms with Gasteiger partial charge in [0.1, 0.15) is 0 Å². The second-order valence-electron chi connectivity index (χ2n) is 3.96. The Morgan fingerprint density at radius 1 is 1.50 bits per heavy atom. The molecule has 1 saturated carbocycles. The van der Waals surface area contributed by atoms with Gasteiger partial charge < -0.3 is 15.6 Å². The largest absolute Gasteiger partial charge is 0.394 e. The topological polar surface area (TPSA) is 58.7 Å². The van der Waals surface area contributed by atoms with Gasteiger partial charge in [-0.25, -0.2) is 0 Å². The van der Waals surface area contributed by atoms with E-state index in [0.717, 1.165) is 19.0 Å². The number of hydrogen-bond acceptors (Lipinski definition) is 4. The molecule has 0 saturated heterocycles. The lowest BCUT2D eigenvalue weighted by Crippen LogP contribution is -2.41. The standard InChI is InChI=1S/C10H22N2O2/c1-12(4-6-14-7-5-13)10(8-11)9-2-3-9/h9-10,13H,2-8,11H2,1H3. The minimum atomic E-state index is 0.104.